The van der Waals surface area contributed by atoms with Crippen molar-refractivity contribution < 1.29 is 16.5 Å². The van der Waals surface area contributed by atoms with Crippen LogP contribution < -0.4 is 22.9 Å². The van der Waals surface area contributed by atoms with E-state index in [-0.39, 0.29) is 16.5 Å². The van der Waals surface area contributed by atoms with Crippen LogP contribution in [0.5, 0.6) is 0 Å². The van der Waals surface area contributed by atoms with Gasteiger partial charge >= 0.3 is 0 Å². The third-order valence-corrected chi connectivity index (χ3v) is 0.333. The molecule has 0 aliphatic carbocycles. The summed E-state index contributed by atoms with van der Waals surface area (Å²) in [5, 5.41) is 0. The fraction of sp³-hybridized carbons (Fsp3) is 1.00. The second-order valence-electron chi connectivity index (χ2n) is 1.15. The summed E-state index contributed by atoms with van der Waals surface area (Å²) in [4.78, 5) is 0. The molecule has 0 saturated carbocycles. The van der Waals surface area contributed by atoms with Crippen LogP contribution in [0.4, 0.5) is 0 Å². The van der Waals surface area contributed by atoms with Gasteiger partial charge in [-0.15, -0.1) is 0 Å². The van der Waals surface area contributed by atoms with Gasteiger partial charge in [0.15, 0.2) is 0 Å². The van der Waals surface area contributed by atoms with Crippen LogP contribution in [0.1, 0.15) is 0 Å². The molecule has 0 aromatic heterocycles. The first-order chi connectivity index (χ1) is 3.83. The molecule has 0 saturated heterocycles. The quantitative estimate of drug-likeness (QED) is 0.361. The van der Waals surface area contributed by atoms with Gasteiger partial charge in [0.25, 0.3) is 0 Å². The molecule has 0 radical (unpaired) electrons. The maximum absolute atomic E-state index is 4.90. The van der Waals surface area contributed by atoms with Crippen molar-refractivity contribution in [1.82, 2.24) is 0 Å². The van der Waals surface area contributed by atoms with E-state index in [9.17, 15) is 0 Å². The van der Waals surface area contributed by atoms with Crippen molar-refractivity contribution in [2.24, 2.45) is 22.9 Å². The van der Waals surface area contributed by atoms with Gasteiger partial charge in [0.05, 0.1) is 0 Å². The average Bonchev–Trinajstić information content (AvgIpc) is 1.88. The first-order valence-electron chi connectivity index (χ1n) is 2.63. The Labute approximate surface area is 66.2 Å². The number of nitrogens with two attached hydrogens (primary N) is 4. The van der Waals surface area contributed by atoms with Crippen molar-refractivity contribution in [3.05, 3.63) is 0 Å². The van der Waals surface area contributed by atoms with Crippen molar-refractivity contribution in [1.29, 1.82) is 0 Å². The molecule has 5 heteroatoms. The van der Waals surface area contributed by atoms with Crippen LogP contribution in [0.3, 0.4) is 0 Å². The van der Waals surface area contributed by atoms with Gasteiger partial charge in [-0.25, -0.2) is 0 Å². The number of hydrogen-bond acceptors (Lipinski definition) is 4. The van der Waals surface area contributed by atoms with Crippen LogP contribution in [0.2, 0.25) is 0 Å². The van der Waals surface area contributed by atoms with Crippen LogP contribution in [-0.2, 0) is 16.5 Å². The zero-order chi connectivity index (χ0) is 6.83. The molecule has 0 bridgehead atoms. The molecule has 0 amide bonds. The minimum atomic E-state index is 0. The van der Waals surface area contributed by atoms with Crippen molar-refractivity contribution in [3.8, 4) is 0 Å². The summed E-state index contributed by atoms with van der Waals surface area (Å²) in [5.74, 6) is 0. The van der Waals surface area contributed by atoms with Gasteiger partial charge in [0.1, 0.15) is 0 Å². The minimum Gasteiger partial charge on any atom is -0.329 e. The van der Waals surface area contributed by atoms with E-state index in [0.29, 0.717) is 26.2 Å². The number of hydrogen-bond donors (Lipinski definition) is 4. The molecule has 0 aromatic rings. The van der Waals surface area contributed by atoms with Gasteiger partial charge in [-0.2, -0.15) is 0 Å². The van der Waals surface area contributed by atoms with Crippen molar-refractivity contribution >= 4 is 0 Å². The van der Waals surface area contributed by atoms with E-state index in [0.717, 1.165) is 0 Å². The van der Waals surface area contributed by atoms with E-state index >= 15 is 0 Å². The predicted octanol–water partition coefficient (Wildman–Crippen LogP) is -2.19. The first kappa shape index (κ1) is 16.2. The molecule has 62 valence electrons. The summed E-state index contributed by atoms with van der Waals surface area (Å²) in [6, 6.07) is 0. The third kappa shape index (κ3) is 61.4. The SMILES string of the molecule is NCCN.NCCN.[Ni]. The summed E-state index contributed by atoms with van der Waals surface area (Å²) in [7, 11) is 0. The minimum absolute atomic E-state index is 0. The van der Waals surface area contributed by atoms with Gasteiger partial charge in [-0.05, 0) is 0 Å². The molecule has 0 aliphatic heterocycles. The van der Waals surface area contributed by atoms with Crippen LogP contribution in [0.15, 0.2) is 0 Å². The summed E-state index contributed by atoms with van der Waals surface area (Å²) in [6.07, 6.45) is 0. The van der Waals surface area contributed by atoms with E-state index in [1.54, 1.807) is 0 Å². The molecule has 0 aliphatic rings. The Morgan fingerprint density at radius 2 is 0.667 bits per heavy atom. The Morgan fingerprint density at radius 3 is 0.667 bits per heavy atom. The van der Waals surface area contributed by atoms with Crippen molar-refractivity contribution in [3.63, 3.8) is 0 Å². The molecule has 0 unspecified atom stereocenters. The summed E-state index contributed by atoms with van der Waals surface area (Å²) >= 11 is 0. The zero-order valence-corrected chi connectivity index (χ0v) is 6.44. The molecular weight excluding hydrogens is 163 g/mol. The maximum Gasteiger partial charge on any atom is 0.00461 e. The Morgan fingerprint density at radius 1 is 0.556 bits per heavy atom. The molecule has 8 N–H and O–H groups in total. The first-order valence-corrected chi connectivity index (χ1v) is 2.63. The normalized spacial score (nSPS) is 6.67. The van der Waals surface area contributed by atoms with Gasteiger partial charge < -0.3 is 22.9 Å². The van der Waals surface area contributed by atoms with E-state index in [2.05, 4.69) is 0 Å². The summed E-state index contributed by atoms with van der Waals surface area (Å²) in [6.45, 7) is 2.39. The molecule has 0 atom stereocenters. The van der Waals surface area contributed by atoms with Crippen LogP contribution in [0, 0.1) is 0 Å². The largest absolute Gasteiger partial charge is 0.329 e. The standard InChI is InChI=1S/2C2H8N2.Ni/c2*3-1-2-4;/h2*1-4H2;. The van der Waals surface area contributed by atoms with E-state index < -0.39 is 0 Å². The average molecular weight is 179 g/mol. The zero-order valence-electron chi connectivity index (χ0n) is 5.45. The summed E-state index contributed by atoms with van der Waals surface area (Å²) in [5.41, 5.74) is 19.6. The monoisotopic (exact) mass is 178 g/mol. The Balaban J connectivity index is -0.0000000720. The third-order valence-electron chi connectivity index (χ3n) is 0.333. The molecule has 0 spiro atoms. The summed E-state index contributed by atoms with van der Waals surface area (Å²) < 4.78 is 0. The van der Waals surface area contributed by atoms with Gasteiger partial charge in [0.2, 0.25) is 0 Å². The molecule has 0 rings (SSSR count). The molecular formula is C4H16N4Ni. The Hall–Kier alpha value is 0.334. The smallest absolute Gasteiger partial charge is 0.00461 e. The molecule has 0 aromatic carbocycles. The second kappa shape index (κ2) is 23.9. The Bertz CT molecular complexity index is 20.5. The molecule has 4 nitrogen and oxygen atoms in total. The number of rotatable bonds is 2. The predicted molar refractivity (Wildman–Crippen MR) is 36.2 cm³/mol. The molecule has 9 heavy (non-hydrogen) atoms. The van der Waals surface area contributed by atoms with Crippen LogP contribution in [-0.4, -0.2) is 26.2 Å². The van der Waals surface area contributed by atoms with Gasteiger partial charge in [-0.1, -0.05) is 0 Å². The van der Waals surface area contributed by atoms with E-state index in [4.69, 9.17) is 22.9 Å². The van der Waals surface area contributed by atoms with Crippen molar-refractivity contribution in [2.45, 2.75) is 0 Å². The van der Waals surface area contributed by atoms with E-state index in [1.807, 2.05) is 0 Å². The molecule has 0 heterocycles. The van der Waals surface area contributed by atoms with E-state index in [1.165, 1.54) is 0 Å². The maximum atomic E-state index is 4.90. The Kier molecular flexibility index (Phi) is 42.8. The second-order valence-corrected chi connectivity index (χ2v) is 1.15. The molecule has 0 fully saturated rings. The fourth-order valence-electron chi connectivity index (χ4n) is 0. The van der Waals surface area contributed by atoms with Crippen LogP contribution >= 0.6 is 0 Å². The fourth-order valence-corrected chi connectivity index (χ4v) is 0. The van der Waals surface area contributed by atoms with Gasteiger partial charge in [-0.3, -0.25) is 0 Å². The van der Waals surface area contributed by atoms with Crippen molar-refractivity contribution in [2.75, 3.05) is 26.2 Å². The van der Waals surface area contributed by atoms with Gasteiger partial charge in [0, 0.05) is 42.7 Å². The van der Waals surface area contributed by atoms with Crippen LogP contribution in [0.25, 0.3) is 0 Å². The topological polar surface area (TPSA) is 104 Å².